The van der Waals surface area contributed by atoms with Crippen molar-refractivity contribution in [3.05, 3.63) is 36.7 Å². The number of methoxy groups -OCH3 is 1. The average Bonchev–Trinajstić information content (AvgIpc) is 2.67. The average molecular weight is 366 g/mol. The maximum absolute atomic E-state index is 4.93. The van der Waals surface area contributed by atoms with Crippen LogP contribution in [0.25, 0.3) is 5.82 Å². The number of pyridine rings is 1. The standard InChI is InChI=1S/C9H8N3O.Ir/c1-13-9-5-7-12(11-9)8-4-2-3-6-10-8;/h2-6H,1H3;/q-1;. The van der Waals surface area contributed by atoms with E-state index < -0.39 is 0 Å². The van der Waals surface area contributed by atoms with Crippen molar-refractivity contribution in [3.8, 4) is 11.7 Å². The Morgan fingerprint density at radius 3 is 2.86 bits per heavy atom. The molecule has 2 heterocycles. The zero-order valence-corrected chi connectivity index (χ0v) is 9.87. The summed E-state index contributed by atoms with van der Waals surface area (Å²) in [7, 11) is 1.57. The van der Waals surface area contributed by atoms with E-state index in [0.717, 1.165) is 5.82 Å². The van der Waals surface area contributed by atoms with E-state index in [1.807, 2.05) is 18.2 Å². The molecule has 4 nitrogen and oxygen atoms in total. The summed E-state index contributed by atoms with van der Waals surface area (Å²) in [6.07, 6.45) is 4.60. The van der Waals surface area contributed by atoms with E-state index in [0.29, 0.717) is 5.88 Å². The molecule has 75 valence electrons. The molecule has 0 aliphatic rings. The quantitative estimate of drug-likeness (QED) is 0.747. The van der Waals surface area contributed by atoms with Crippen molar-refractivity contribution in [1.82, 2.24) is 14.8 Å². The summed E-state index contributed by atoms with van der Waals surface area (Å²) >= 11 is 0. The third-order valence-corrected chi connectivity index (χ3v) is 1.58. The Labute approximate surface area is 95.3 Å². The van der Waals surface area contributed by atoms with E-state index in [4.69, 9.17) is 4.74 Å². The Bertz CT molecular complexity index is 388. The van der Waals surface area contributed by atoms with E-state index in [9.17, 15) is 0 Å². The van der Waals surface area contributed by atoms with E-state index in [2.05, 4.69) is 16.3 Å². The van der Waals surface area contributed by atoms with Crippen LogP contribution in [0.15, 0.2) is 30.5 Å². The van der Waals surface area contributed by atoms with Gasteiger partial charge in [0.25, 0.3) is 0 Å². The zero-order chi connectivity index (χ0) is 9.10. The summed E-state index contributed by atoms with van der Waals surface area (Å²) in [5, 5.41) is 4.08. The molecule has 0 fully saturated rings. The second-order valence-electron chi connectivity index (χ2n) is 2.42. The van der Waals surface area contributed by atoms with Gasteiger partial charge in [0.1, 0.15) is 5.88 Å². The van der Waals surface area contributed by atoms with Crippen LogP contribution in [0.3, 0.4) is 0 Å². The number of ether oxygens (including phenoxy) is 1. The monoisotopic (exact) mass is 367 g/mol. The minimum Gasteiger partial charge on any atom is -0.536 e. The van der Waals surface area contributed by atoms with Gasteiger partial charge < -0.3 is 14.4 Å². The smallest absolute Gasteiger partial charge is 0.127 e. The predicted molar refractivity (Wildman–Crippen MR) is 46.7 cm³/mol. The van der Waals surface area contributed by atoms with Crippen molar-refractivity contribution in [2.24, 2.45) is 0 Å². The summed E-state index contributed by atoms with van der Waals surface area (Å²) in [4.78, 5) is 4.11. The van der Waals surface area contributed by atoms with Crippen molar-refractivity contribution in [2.75, 3.05) is 7.11 Å². The molecule has 2 rings (SSSR count). The summed E-state index contributed by atoms with van der Waals surface area (Å²) in [6.45, 7) is 0. The third-order valence-electron chi connectivity index (χ3n) is 1.58. The Balaban J connectivity index is 0.000000980. The summed E-state index contributed by atoms with van der Waals surface area (Å²) in [5.41, 5.74) is 0. The van der Waals surface area contributed by atoms with Gasteiger partial charge in [0.2, 0.25) is 0 Å². The summed E-state index contributed by atoms with van der Waals surface area (Å²) < 4.78 is 6.47. The van der Waals surface area contributed by atoms with Crippen molar-refractivity contribution in [1.29, 1.82) is 0 Å². The van der Waals surface area contributed by atoms with Gasteiger partial charge in [-0.05, 0) is 6.07 Å². The molecule has 0 saturated carbocycles. The van der Waals surface area contributed by atoms with Gasteiger partial charge in [0.15, 0.2) is 0 Å². The molecule has 0 aliphatic heterocycles. The van der Waals surface area contributed by atoms with Crippen molar-refractivity contribution in [3.63, 3.8) is 0 Å². The molecule has 0 amide bonds. The van der Waals surface area contributed by atoms with Gasteiger partial charge in [-0.25, -0.2) is 5.10 Å². The first-order valence-corrected chi connectivity index (χ1v) is 3.83. The molecule has 0 saturated heterocycles. The molecule has 0 aliphatic carbocycles. The predicted octanol–water partition coefficient (Wildman–Crippen LogP) is 1.07. The van der Waals surface area contributed by atoms with Crippen LogP contribution >= 0.6 is 0 Å². The maximum Gasteiger partial charge on any atom is 0.127 e. The third kappa shape index (κ3) is 2.19. The molecule has 0 unspecified atom stereocenters. The van der Waals surface area contributed by atoms with Crippen molar-refractivity contribution in [2.45, 2.75) is 0 Å². The number of nitrogens with zero attached hydrogens (tertiary/aromatic N) is 3. The fourth-order valence-electron chi connectivity index (χ4n) is 0.969. The van der Waals surface area contributed by atoms with Crippen molar-refractivity contribution >= 4 is 0 Å². The summed E-state index contributed by atoms with van der Waals surface area (Å²) in [5.74, 6) is 1.26. The first-order chi connectivity index (χ1) is 6.40. The van der Waals surface area contributed by atoms with Gasteiger partial charge in [-0.15, -0.1) is 0 Å². The molecular weight excluding hydrogens is 358 g/mol. The molecule has 2 aromatic heterocycles. The van der Waals surface area contributed by atoms with Crippen LogP contribution in [-0.2, 0) is 20.1 Å². The van der Waals surface area contributed by atoms with Gasteiger partial charge in [-0.3, -0.25) is 0 Å². The number of hydrogen-bond donors (Lipinski definition) is 0. The van der Waals surface area contributed by atoms with Crippen LogP contribution in [0.5, 0.6) is 5.88 Å². The Kier molecular flexibility index (Phi) is 3.80. The van der Waals surface area contributed by atoms with Crippen LogP contribution in [0.2, 0.25) is 0 Å². The van der Waals surface area contributed by atoms with Crippen LogP contribution in [0, 0.1) is 6.20 Å². The number of aromatic nitrogens is 3. The normalized spacial score (nSPS) is 9.21. The topological polar surface area (TPSA) is 39.9 Å². The van der Waals surface area contributed by atoms with E-state index in [-0.39, 0.29) is 20.1 Å². The Morgan fingerprint density at radius 1 is 1.43 bits per heavy atom. The van der Waals surface area contributed by atoms with Crippen LogP contribution < -0.4 is 4.74 Å². The van der Waals surface area contributed by atoms with E-state index in [1.165, 1.54) is 0 Å². The SMILES string of the molecule is COc1c[c-]n(-c2ccccn2)n1.[Ir]. The minimum atomic E-state index is 0. The maximum atomic E-state index is 4.93. The van der Waals surface area contributed by atoms with Gasteiger partial charge >= 0.3 is 0 Å². The van der Waals surface area contributed by atoms with Crippen molar-refractivity contribution < 1.29 is 24.8 Å². The number of hydrogen-bond acceptors (Lipinski definition) is 3. The molecule has 0 atom stereocenters. The fourth-order valence-corrected chi connectivity index (χ4v) is 0.969. The fraction of sp³-hybridized carbons (Fsp3) is 0.111. The van der Waals surface area contributed by atoms with Gasteiger partial charge in [-0.2, -0.15) is 0 Å². The summed E-state index contributed by atoms with van der Waals surface area (Å²) in [6, 6.07) is 7.26. The molecule has 0 bridgehead atoms. The Hall–Kier alpha value is -1.19. The molecule has 1 radical (unpaired) electrons. The van der Waals surface area contributed by atoms with Gasteiger partial charge in [0, 0.05) is 26.3 Å². The molecular formula is C9H8IrN3O-. The Morgan fingerprint density at radius 2 is 2.29 bits per heavy atom. The molecule has 0 spiro atoms. The van der Waals surface area contributed by atoms with Crippen LogP contribution in [0.4, 0.5) is 0 Å². The first-order valence-electron chi connectivity index (χ1n) is 3.83. The zero-order valence-electron chi connectivity index (χ0n) is 7.47. The minimum absolute atomic E-state index is 0. The second kappa shape index (κ2) is 4.88. The largest absolute Gasteiger partial charge is 0.536 e. The number of rotatable bonds is 2. The molecule has 0 aromatic carbocycles. The van der Waals surface area contributed by atoms with Gasteiger partial charge in [-0.1, -0.05) is 24.4 Å². The van der Waals surface area contributed by atoms with E-state index >= 15 is 0 Å². The van der Waals surface area contributed by atoms with Gasteiger partial charge in [0.05, 0.1) is 12.9 Å². The second-order valence-corrected chi connectivity index (χ2v) is 2.42. The molecule has 0 N–H and O–H groups in total. The molecule has 2 aromatic rings. The molecule has 14 heavy (non-hydrogen) atoms. The van der Waals surface area contributed by atoms with Crippen LogP contribution in [-0.4, -0.2) is 21.9 Å². The first kappa shape index (κ1) is 10.9. The van der Waals surface area contributed by atoms with E-state index in [1.54, 1.807) is 24.1 Å². The molecule has 5 heteroatoms. The van der Waals surface area contributed by atoms with Crippen LogP contribution in [0.1, 0.15) is 0 Å².